The largest absolute Gasteiger partial charge is 0.469 e. The van der Waals surface area contributed by atoms with Crippen LogP contribution in [-0.4, -0.2) is 38.5 Å². The van der Waals surface area contributed by atoms with Crippen LogP contribution in [0.2, 0.25) is 0 Å². The molecule has 0 bridgehead atoms. The summed E-state index contributed by atoms with van der Waals surface area (Å²) in [6.07, 6.45) is 3.36. The smallest absolute Gasteiger partial charge is 0.309 e. The van der Waals surface area contributed by atoms with Crippen LogP contribution in [0.3, 0.4) is 0 Å². The minimum Gasteiger partial charge on any atom is -0.469 e. The molecule has 0 rings (SSSR count). The summed E-state index contributed by atoms with van der Waals surface area (Å²) in [5.74, 6) is 0.207. The fourth-order valence-corrected chi connectivity index (χ4v) is 4.67. The van der Waals surface area contributed by atoms with Gasteiger partial charge in [-0.05, 0) is 41.9 Å². The van der Waals surface area contributed by atoms with Crippen LogP contribution in [0.5, 0.6) is 0 Å². The standard InChI is InChI=1S/C26H52O4/c1-14-24(8,9)20(22(27)29-13)17-25(10,11)21(28-12)18-26(30-15-2,16-19(3)4)23(5,6)7/h19-21H,14-18H2,1-13H3. The van der Waals surface area contributed by atoms with Gasteiger partial charge in [-0.25, -0.2) is 0 Å². The van der Waals surface area contributed by atoms with E-state index in [1.165, 1.54) is 7.11 Å². The minimum absolute atomic E-state index is 0.0371. The minimum atomic E-state index is -0.297. The third-order valence-electron chi connectivity index (χ3n) is 7.27. The first-order chi connectivity index (χ1) is 13.5. The zero-order chi connectivity index (χ0) is 24.0. The Balaban J connectivity index is 6.07. The molecule has 0 spiro atoms. The van der Waals surface area contributed by atoms with Crippen molar-refractivity contribution in [1.29, 1.82) is 0 Å². The number of ether oxygens (including phenoxy) is 3. The van der Waals surface area contributed by atoms with Crippen LogP contribution >= 0.6 is 0 Å². The molecular formula is C26H52O4. The van der Waals surface area contributed by atoms with Crippen molar-refractivity contribution in [2.45, 2.75) is 114 Å². The number of esters is 1. The van der Waals surface area contributed by atoms with E-state index in [9.17, 15) is 4.79 Å². The molecule has 0 aromatic heterocycles. The maximum absolute atomic E-state index is 12.7. The quantitative estimate of drug-likeness (QED) is 0.299. The van der Waals surface area contributed by atoms with E-state index in [0.717, 1.165) is 19.3 Å². The lowest BCUT2D eigenvalue weighted by atomic mass is 9.63. The maximum Gasteiger partial charge on any atom is 0.309 e. The first kappa shape index (κ1) is 29.4. The van der Waals surface area contributed by atoms with E-state index < -0.39 is 0 Å². The molecule has 180 valence electrons. The molecule has 4 nitrogen and oxygen atoms in total. The van der Waals surface area contributed by atoms with Gasteiger partial charge in [-0.3, -0.25) is 4.79 Å². The van der Waals surface area contributed by atoms with E-state index >= 15 is 0 Å². The summed E-state index contributed by atoms with van der Waals surface area (Å²) in [4.78, 5) is 12.7. The normalized spacial score (nSPS) is 17.5. The third-order valence-corrected chi connectivity index (χ3v) is 7.27. The molecule has 0 aromatic rings. The van der Waals surface area contributed by atoms with Gasteiger partial charge in [-0.1, -0.05) is 75.7 Å². The van der Waals surface area contributed by atoms with Crippen molar-refractivity contribution in [3.8, 4) is 0 Å². The first-order valence-corrected chi connectivity index (χ1v) is 11.8. The van der Waals surface area contributed by atoms with E-state index in [1.54, 1.807) is 7.11 Å². The predicted octanol–water partition coefficient (Wildman–Crippen LogP) is 6.90. The monoisotopic (exact) mass is 428 g/mol. The van der Waals surface area contributed by atoms with Crippen molar-refractivity contribution >= 4 is 5.97 Å². The van der Waals surface area contributed by atoms with Crippen LogP contribution in [0.1, 0.15) is 102 Å². The summed E-state index contributed by atoms with van der Waals surface area (Å²) < 4.78 is 17.8. The van der Waals surface area contributed by atoms with Gasteiger partial charge in [0.15, 0.2) is 0 Å². The molecule has 0 aliphatic heterocycles. The molecular weight excluding hydrogens is 376 g/mol. The second-order valence-electron chi connectivity index (χ2n) is 11.8. The van der Waals surface area contributed by atoms with E-state index in [4.69, 9.17) is 14.2 Å². The molecule has 0 aliphatic rings. The SMILES string of the molecule is CCOC(CC(C)C)(CC(OC)C(C)(C)CC(C(=O)OC)C(C)(C)CC)C(C)(C)C. The van der Waals surface area contributed by atoms with Crippen molar-refractivity contribution in [3.63, 3.8) is 0 Å². The van der Waals surface area contributed by atoms with Gasteiger partial charge < -0.3 is 14.2 Å². The zero-order valence-corrected chi connectivity index (χ0v) is 22.4. The fourth-order valence-electron chi connectivity index (χ4n) is 4.67. The number of carbonyl (C=O) groups excluding carboxylic acids is 1. The summed E-state index contributed by atoms with van der Waals surface area (Å²) in [5.41, 5.74) is -0.689. The van der Waals surface area contributed by atoms with Gasteiger partial charge in [0.25, 0.3) is 0 Å². The summed E-state index contributed by atoms with van der Waals surface area (Å²) in [6.45, 7) is 24.9. The maximum atomic E-state index is 12.7. The Morgan fingerprint density at radius 1 is 0.833 bits per heavy atom. The van der Waals surface area contributed by atoms with Crippen LogP contribution in [0, 0.1) is 28.1 Å². The highest BCUT2D eigenvalue weighted by molar-refractivity contribution is 5.73. The van der Waals surface area contributed by atoms with Crippen molar-refractivity contribution in [1.82, 2.24) is 0 Å². The Morgan fingerprint density at radius 3 is 1.70 bits per heavy atom. The van der Waals surface area contributed by atoms with Crippen LogP contribution in [0.25, 0.3) is 0 Å². The summed E-state index contributed by atoms with van der Waals surface area (Å²) >= 11 is 0. The van der Waals surface area contributed by atoms with Crippen LogP contribution in [0.15, 0.2) is 0 Å². The van der Waals surface area contributed by atoms with Crippen molar-refractivity contribution in [2.75, 3.05) is 20.8 Å². The lowest BCUT2D eigenvalue weighted by Crippen LogP contribution is -2.52. The molecule has 0 heterocycles. The highest BCUT2D eigenvalue weighted by Crippen LogP contribution is 2.48. The average molecular weight is 429 g/mol. The predicted molar refractivity (Wildman–Crippen MR) is 127 cm³/mol. The van der Waals surface area contributed by atoms with E-state index in [0.29, 0.717) is 18.9 Å². The fraction of sp³-hybridized carbons (Fsp3) is 0.962. The highest BCUT2D eigenvalue weighted by atomic mass is 16.5. The van der Waals surface area contributed by atoms with Gasteiger partial charge in [0.05, 0.1) is 24.7 Å². The van der Waals surface area contributed by atoms with Crippen molar-refractivity contribution < 1.29 is 19.0 Å². The Labute approximate surface area is 187 Å². The number of hydrogen-bond acceptors (Lipinski definition) is 4. The van der Waals surface area contributed by atoms with Gasteiger partial charge >= 0.3 is 5.97 Å². The highest BCUT2D eigenvalue weighted by Gasteiger charge is 2.49. The zero-order valence-electron chi connectivity index (χ0n) is 22.4. The first-order valence-electron chi connectivity index (χ1n) is 11.8. The second kappa shape index (κ2) is 11.3. The molecule has 0 aliphatic carbocycles. The summed E-state index contributed by atoms with van der Waals surface area (Å²) in [5, 5.41) is 0. The molecule has 0 saturated carbocycles. The van der Waals surface area contributed by atoms with E-state index in [1.807, 2.05) is 0 Å². The molecule has 0 fully saturated rings. The van der Waals surface area contributed by atoms with E-state index in [2.05, 4.69) is 76.2 Å². The number of hydrogen-bond donors (Lipinski definition) is 0. The summed E-state index contributed by atoms with van der Waals surface area (Å²) in [7, 11) is 3.28. The Morgan fingerprint density at radius 2 is 1.37 bits per heavy atom. The van der Waals surface area contributed by atoms with E-state index in [-0.39, 0.29) is 39.8 Å². The third kappa shape index (κ3) is 7.51. The second-order valence-corrected chi connectivity index (χ2v) is 11.8. The van der Waals surface area contributed by atoms with Gasteiger partial charge in [0.2, 0.25) is 0 Å². The van der Waals surface area contributed by atoms with Gasteiger partial charge in [-0.15, -0.1) is 0 Å². The lowest BCUT2D eigenvalue weighted by molar-refractivity contribution is -0.168. The average Bonchev–Trinajstić information content (AvgIpc) is 2.61. The van der Waals surface area contributed by atoms with Crippen LogP contribution in [0.4, 0.5) is 0 Å². The molecule has 3 atom stereocenters. The van der Waals surface area contributed by atoms with Gasteiger partial charge in [0.1, 0.15) is 0 Å². The Kier molecular flexibility index (Phi) is 11.1. The molecule has 0 radical (unpaired) electrons. The topological polar surface area (TPSA) is 44.8 Å². The number of rotatable bonds is 13. The molecule has 30 heavy (non-hydrogen) atoms. The molecule has 0 saturated heterocycles. The van der Waals surface area contributed by atoms with Crippen molar-refractivity contribution in [2.24, 2.45) is 28.1 Å². The Bertz CT molecular complexity index is 516. The molecule has 3 unspecified atom stereocenters. The van der Waals surface area contributed by atoms with Crippen LogP contribution in [-0.2, 0) is 19.0 Å². The summed E-state index contributed by atoms with van der Waals surface area (Å²) in [6, 6.07) is 0. The Hall–Kier alpha value is -0.610. The van der Waals surface area contributed by atoms with Crippen molar-refractivity contribution in [3.05, 3.63) is 0 Å². The van der Waals surface area contributed by atoms with Gasteiger partial charge in [-0.2, -0.15) is 0 Å². The van der Waals surface area contributed by atoms with Crippen LogP contribution < -0.4 is 0 Å². The number of carbonyl (C=O) groups is 1. The molecule has 0 amide bonds. The molecule has 0 aromatic carbocycles. The lowest BCUT2D eigenvalue weighted by Gasteiger charge is -2.50. The molecule has 4 heteroatoms. The number of methoxy groups -OCH3 is 2. The van der Waals surface area contributed by atoms with Gasteiger partial charge in [0, 0.05) is 20.1 Å². The molecule has 0 N–H and O–H groups in total.